The zero-order valence-corrected chi connectivity index (χ0v) is 12.8. The first kappa shape index (κ1) is 15.8. The second-order valence-electron chi connectivity index (χ2n) is 5.62. The SMILES string of the molecule is COc1cc(CN(C)CC(C)(C)O)c(OC)cc1C. The van der Waals surface area contributed by atoms with Gasteiger partial charge in [-0.15, -0.1) is 0 Å². The molecule has 4 heteroatoms. The average Bonchev–Trinajstić information content (AvgIpc) is 2.28. The molecule has 19 heavy (non-hydrogen) atoms. The van der Waals surface area contributed by atoms with Crippen molar-refractivity contribution in [2.75, 3.05) is 27.8 Å². The van der Waals surface area contributed by atoms with E-state index in [2.05, 4.69) is 4.90 Å². The van der Waals surface area contributed by atoms with E-state index < -0.39 is 5.60 Å². The van der Waals surface area contributed by atoms with Gasteiger partial charge in [-0.2, -0.15) is 0 Å². The molecule has 0 spiro atoms. The van der Waals surface area contributed by atoms with Crippen LogP contribution in [0.2, 0.25) is 0 Å². The van der Waals surface area contributed by atoms with Crippen molar-refractivity contribution in [1.29, 1.82) is 0 Å². The Labute approximate surface area is 115 Å². The van der Waals surface area contributed by atoms with Crippen molar-refractivity contribution < 1.29 is 14.6 Å². The molecule has 0 aliphatic rings. The van der Waals surface area contributed by atoms with Crippen molar-refractivity contribution in [3.8, 4) is 11.5 Å². The zero-order chi connectivity index (χ0) is 14.6. The number of likely N-dealkylation sites (N-methyl/N-ethyl adjacent to an activating group) is 1. The molecule has 0 aliphatic heterocycles. The molecule has 0 atom stereocenters. The Bertz CT molecular complexity index is 424. The van der Waals surface area contributed by atoms with Gasteiger partial charge in [0, 0.05) is 18.7 Å². The Morgan fingerprint density at radius 1 is 1.16 bits per heavy atom. The van der Waals surface area contributed by atoms with Crippen LogP contribution in [-0.2, 0) is 6.54 Å². The largest absolute Gasteiger partial charge is 0.496 e. The summed E-state index contributed by atoms with van der Waals surface area (Å²) in [4.78, 5) is 2.06. The third kappa shape index (κ3) is 4.73. The number of aryl methyl sites for hydroxylation is 1. The van der Waals surface area contributed by atoms with Gasteiger partial charge in [0.15, 0.2) is 0 Å². The van der Waals surface area contributed by atoms with E-state index in [-0.39, 0.29) is 0 Å². The molecule has 1 aromatic carbocycles. The summed E-state index contributed by atoms with van der Waals surface area (Å²) in [6, 6.07) is 3.97. The van der Waals surface area contributed by atoms with Gasteiger partial charge in [0.25, 0.3) is 0 Å². The molecule has 0 amide bonds. The lowest BCUT2D eigenvalue weighted by atomic mass is 10.1. The molecule has 0 fully saturated rings. The number of nitrogens with zero attached hydrogens (tertiary/aromatic N) is 1. The Balaban J connectivity index is 2.93. The maximum Gasteiger partial charge on any atom is 0.123 e. The van der Waals surface area contributed by atoms with Gasteiger partial charge in [-0.3, -0.25) is 4.90 Å². The van der Waals surface area contributed by atoms with Crippen molar-refractivity contribution in [1.82, 2.24) is 4.90 Å². The van der Waals surface area contributed by atoms with E-state index in [0.29, 0.717) is 13.1 Å². The van der Waals surface area contributed by atoms with Crippen molar-refractivity contribution >= 4 is 0 Å². The molecule has 0 saturated heterocycles. The van der Waals surface area contributed by atoms with Crippen LogP contribution in [0.25, 0.3) is 0 Å². The summed E-state index contributed by atoms with van der Waals surface area (Å²) in [6.07, 6.45) is 0. The van der Waals surface area contributed by atoms with Crippen molar-refractivity contribution in [2.45, 2.75) is 32.9 Å². The fraction of sp³-hybridized carbons (Fsp3) is 0.600. The summed E-state index contributed by atoms with van der Waals surface area (Å²) < 4.78 is 10.8. The van der Waals surface area contributed by atoms with Gasteiger partial charge in [0.2, 0.25) is 0 Å². The summed E-state index contributed by atoms with van der Waals surface area (Å²) in [6.45, 7) is 6.88. The molecule has 0 heterocycles. The topological polar surface area (TPSA) is 41.9 Å². The van der Waals surface area contributed by atoms with E-state index in [1.165, 1.54) is 0 Å². The van der Waals surface area contributed by atoms with E-state index in [9.17, 15) is 5.11 Å². The molecule has 0 bridgehead atoms. The third-order valence-electron chi connectivity index (χ3n) is 2.90. The van der Waals surface area contributed by atoms with Gasteiger partial charge in [-0.05, 0) is 45.5 Å². The number of benzene rings is 1. The smallest absolute Gasteiger partial charge is 0.123 e. The molecule has 0 saturated carbocycles. The Kier molecular flexibility index (Phi) is 5.20. The summed E-state index contributed by atoms with van der Waals surface area (Å²) in [5.74, 6) is 1.70. The molecule has 4 nitrogen and oxygen atoms in total. The number of aliphatic hydroxyl groups is 1. The Hall–Kier alpha value is -1.26. The predicted molar refractivity (Wildman–Crippen MR) is 76.9 cm³/mol. The first-order valence-electron chi connectivity index (χ1n) is 6.39. The van der Waals surface area contributed by atoms with Crippen LogP contribution in [0.1, 0.15) is 25.0 Å². The standard InChI is InChI=1S/C15H25NO3/c1-11-7-14(19-6)12(8-13(11)18-5)9-16(4)10-15(2,3)17/h7-8,17H,9-10H2,1-6H3. The maximum atomic E-state index is 9.84. The molecule has 0 aliphatic carbocycles. The Morgan fingerprint density at radius 2 is 1.74 bits per heavy atom. The monoisotopic (exact) mass is 267 g/mol. The second kappa shape index (κ2) is 6.26. The summed E-state index contributed by atoms with van der Waals surface area (Å²) >= 11 is 0. The Morgan fingerprint density at radius 3 is 2.21 bits per heavy atom. The first-order valence-corrected chi connectivity index (χ1v) is 6.39. The molecular weight excluding hydrogens is 242 g/mol. The number of methoxy groups -OCH3 is 2. The van der Waals surface area contributed by atoms with Crippen LogP contribution < -0.4 is 9.47 Å². The van der Waals surface area contributed by atoms with Crippen LogP contribution in [0, 0.1) is 6.92 Å². The van der Waals surface area contributed by atoms with Crippen molar-refractivity contribution in [3.63, 3.8) is 0 Å². The fourth-order valence-electron chi connectivity index (χ4n) is 2.24. The molecule has 0 radical (unpaired) electrons. The van der Waals surface area contributed by atoms with E-state index in [1.54, 1.807) is 28.1 Å². The fourth-order valence-corrected chi connectivity index (χ4v) is 2.24. The van der Waals surface area contributed by atoms with Crippen molar-refractivity contribution in [3.05, 3.63) is 23.3 Å². The predicted octanol–water partition coefficient (Wildman–Crippen LogP) is 2.21. The summed E-state index contributed by atoms with van der Waals surface area (Å²) in [7, 11) is 5.31. The third-order valence-corrected chi connectivity index (χ3v) is 2.90. The van der Waals surface area contributed by atoms with Crippen LogP contribution in [0.15, 0.2) is 12.1 Å². The quantitative estimate of drug-likeness (QED) is 0.858. The lowest BCUT2D eigenvalue weighted by Crippen LogP contribution is -2.35. The minimum absolute atomic E-state index is 0.590. The average molecular weight is 267 g/mol. The molecule has 0 aromatic heterocycles. The highest BCUT2D eigenvalue weighted by molar-refractivity contribution is 5.45. The number of rotatable bonds is 6. The molecule has 1 N–H and O–H groups in total. The minimum atomic E-state index is -0.712. The van der Waals surface area contributed by atoms with E-state index in [1.807, 2.05) is 26.1 Å². The highest BCUT2D eigenvalue weighted by atomic mass is 16.5. The lowest BCUT2D eigenvalue weighted by molar-refractivity contribution is 0.0422. The van der Waals surface area contributed by atoms with E-state index in [0.717, 1.165) is 22.6 Å². The van der Waals surface area contributed by atoms with Crippen molar-refractivity contribution in [2.24, 2.45) is 0 Å². The summed E-state index contributed by atoms with van der Waals surface area (Å²) in [5.41, 5.74) is 1.39. The molecule has 1 aromatic rings. The molecule has 1 rings (SSSR count). The van der Waals surface area contributed by atoms with Gasteiger partial charge < -0.3 is 14.6 Å². The van der Waals surface area contributed by atoms with Gasteiger partial charge >= 0.3 is 0 Å². The summed E-state index contributed by atoms with van der Waals surface area (Å²) in [5, 5.41) is 9.84. The van der Waals surface area contributed by atoms with E-state index >= 15 is 0 Å². The van der Waals surface area contributed by atoms with Crippen LogP contribution in [-0.4, -0.2) is 43.4 Å². The van der Waals surface area contributed by atoms with E-state index in [4.69, 9.17) is 9.47 Å². The van der Waals surface area contributed by atoms with Gasteiger partial charge in [-0.1, -0.05) is 0 Å². The molecule has 0 unspecified atom stereocenters. The highest BCUT2D eigenvalue weighted by Gasteiger charge is 2.17. The second-order valence-corrected chi connectivity index (χ2v) is 5.62. The number of hydrogen-bond acceptors (Lipinski definition) is 4. The zero-order valence-electron chi connectivity index (χ0n) is 12.8. The van der Waals surface area contributed by atoms with Gasteiger partial charge in [-0.25, -0.2) is 0 Å². The van der Waals surface area contributed by atoms with Gasteiger partial charge in [0.1, 0.15) is 11.5 Å². The first-order chi connectivity index (χ1) is 8.76. The van der Waals surface area contributed by atoms with Crippen LogP contribution >= 0.6 is 0 Å². The minimum Gasteiger partial charge on any atom is -0.496 e. The number of ether oxygens (including phenoxy) is 2. The van der Waals surface area contributed by atoms with Crippen LogP contribution in [0.5, 0.6) is 11.5 Å². The molecular formula is C15H25NO3. The van der Waals surface area contributed by atoms with Gasteiger partial charge in [0.05, 0.1) is 19.8 Å². The molecule has 108 valence electrons. The lowest BCUT2D eigenvalue weighted by Gasteiger charge is -2.26. The number of hydrogen-bond donors (Lipinski definition) is 1. The highest BCUT2D eigenvalue weighted by Crippen LogP contribution is 2.29. The normalized spacial score (nSPS) is 11.8. The van der Waals surface area contributed by atoms with Crippen LogP contribution in [0.4, 0.5) is 0 Å². The maximum absolute atomic E-state index is 9.84. The van der Waals surface area contributed by atoms with Crippen LogP contribution in [0.3, 0.4) is 0 Å².